The Labute approximate surface area is 94.4 Å². The topological polar surface area (TPSA) is 67.3 Å². The van der Waals surface area contributed by atoms with Gasteiger partial charge in [-0.2, -0.15) is 0 Å². The summed E-state index contributed by atoms with van der Waals surface area (Å²) >= 11 is 0. The molecule has 0 radical (unpaired) electrons. The van der Waals surface area contributed by atoms with Gasteiger partial charge in [0.1, 0.15) is 5.82 Å². The molecule has 5 nitrogen and oxygen atoms in total. The smallest absolute Gasteiger partial charge is 0.219 e. The van der Waals surface area contributed by atoms with Crippen molar-refractivity contribution in [1.29, 1.82) is 0 Å². The molecule has 0 spiro atoms. The molecular formula is C11H15N5. The molecule has 5 heteroatoms. The lowest BCUT2D eigenvalue weighted by Crippen LogP contribution is -1.96. The fraction of sp³-hybridized carbons (Fsp3) is 0.455. The van der Waals surface area contributed by atoms with Crippen LogP contribution in [0.15, 0.2) is 6.20 Å². The molecule has 0 aliphatic rings. The zero-order valence-corrected chi connectivity index (χ0v) is 9.94. The van der Waals surface area contributed by atoms with Gasteiger partial charge in [0.05, 0.1) is 0 Å². The third-order valence-corrected chi connectivity index (χ3v) is 2.47. The van der Waals surface area contributed by atoms with Crippen molar-refractivity contribution in [3.05, 3.63) is 23.3 Å². The van der Waals surface area contributed by atoms with E-state index in [9.17, 15) is 0 Å². The van der Waals surface area contributed by atoms with Crippen molar-refractivity contribution < 1.29 is 0 Å². The van der Waals surface area contributed by atoms with Crippen molar-refractivity contribution in [3.63, 3.8) is 0 Å². The Morgan fingerprint density at radius 2 is 1.88 bits per heavy atom. The van der Waals surface area contributed by atoms with Crippen LogP contribution >= 0.6 is 0 Å². The number of aromatic nitrogens is 5. The summed E-state index contributed by atoms with van der Waals surface area (Å²) in [5.41, 5.74) is 2.03. The van der Waals surface area contributed by atoms with Gasteiger partial charge in [0.2, 0.25) is 5.82 Å². The largest absolute Gasteiger partial charge is 0.262 e. The Morgan fingerprint density at radius 1 is 1.12 bits per heavy atom. The quantitative estimate of drug-likeness (QED) is 0.835. The summed E-state index contributed by atoms with van der Waals surface area (Å²) in [5.74, 6) is 2.32. The van der Waals surface area contributed by atoms with E-state index < -0.39 is 0 Å². The summed E-state index contributed by atoms with van der Waals surface area (Å²) in [5, 5.41) is 7.01. The first kappa shape index (κ1) is 10.7. The van der Waals surface area contributed by atoms with E-state index >= 15 is 0 Å². The van der Waals surface area contributed by atoms with Gasteiger partial charge in [0, 0.05) is 17.8 Å². The van der Waals surface area contributed by atoms with Gasteiger partial charge in [-0.3, -0.25) is 5.10 Å². The van der Waals surface area contributed by atoms with E-state index in [1.54, 1.807) is 6.20 Å². The van der Waals surface area contributed by atoms with Crippen LogP contribution < -0.4 is 0 Å². The molecule has 0 aliphatic heterocycles. The number of nitrogens with zero attached hydrogens (tertiary/aromatic N) is 4. The maximum Gasteiger partial charge on any atom is 0.219 e. The first-order valence-corrected chi connectivity index (χ1v) is 5.31. The number of nitrogens with one attached hydrogen (secondary N) is 1. The predicted octanol–water partition coefficient (Wildman–Crippen LogP) is 2.00. The first-order chi connectivity index (χ1) is 7.58. The molecule has 2 aromatic heterocycles. The molecule has 0 bridgehead atoms. The van der Waals surface area contributed by atoms with Crippen molar-refractivity contribution in [2.24, 2.45) is 0 Å². The van der Waals surface area contributed by atoms with Crippen LogP contribution in [-0.4, -0.2) is 25.1 Å². The van der Waals surface area contributed by atoms with Gasteiger partial charge in [-0.1, -0.05) is 13.8 Å². The van der Waals surface area contributed by atoms with Crippen LogP contribution in [0.4, 0.5) is 0 Å². The molecule has 0 saturated heterocycles. The second-order valence-electron chi connectivity index (χ2n) is 4.16. The van der Waals surface area contributed by atoms with E-state index in [2.05, 4.69) is 39.0 Å². The molecule has 0 saturated carbocycles. The molecule has 0 aliphatic carbocycles. The molecule has 1 N–H and O–H groups in total. The summed E-state index contributed by atoms with van der Waals surface area (Å²) < 4.78 is 0. The van der Waals surface area contributed by atoms with Crippen LogP contribution in [0.2, 0.25) is 0 Å². The van der Waals surface area contributed by atoms with E-state index in [0.717, 1.165) is 17.1 Å². The van der Waals surface area contributed by atoms with Crippen molar-refractivity contribution in [2.75, 3.05) is 0 Å². The van der Waals surface area contributed by atoms with E-state index in [1.165, 1.54) is 0 Å². The van der Waals surface area contributed by atoms with Gasteiger partial charge < -0.3 is 0 Å². The Kier molecular flexibility index (Phi) is 2.68. The second-order valence-corrected chi connectivity index (χ2v) is 4.16. The molecule has 0 amide bonds. The Balaban J connectivity index is 2.39. The highest BCUT2D eigenvalue weighted by Crippen LogP contribution is 2.14. The number of rotatable bonds is 2. The third-order valence-electron chi connectivity index (χ3n) is 2.47. The van der Waals surface area contributed by atoms with E-state index in [0.29, 0.717) is 17.6 Å². The van der Waals surface area contributed by atoms with Crippen LogP contribution in [-0.2, 0) is 0 Å². The normalized spacial score (nSPS) is 11.1. The number of aromatic amines is 1. The maximum atomic E-state index is 4.36. The van der Waals surface area contributed by atoms with Crippen LogP contribution in [0.1, 0.15) is 36.8 Å². The molecule has 0 unspecified atom stereocenters. The Bertz CT molecular complexity index is 501. The van der Waals surface area contributed by atoms with E-state index in [4.69, 9.17) is 0 Å². The number of hydrogen-bond acceptors (Lipinski definition) is 4. The molecule has 84 valence electrons. The lowest BCUT2D eigenvalue weighted by molar-refractivity contribution is 0.781. The van der Waals surface area contributed by atoms with E-state index in [-0.39, 0.29) is 0 Å². The summed E-state index contributed by atoms with van der Waals surface area (Å²) in [7, 11) is 0. The van der Waals surface area contributed by atoms with Gasteiger partial charge in [0.15, 0.2) is 5.82 Å². The average Bonchev–Trinajstić information content (AvgIpc) is 2.71. The van der Waals surface area contributed by atoms with Gasteiger partial charge in [-0.25, -0.2) is 15.0 Å². The molecule has 0 fully saturated rings. The van der Waals surface area contributed by atoms with Gasteiger partial charge in [0.25, 0.3) is 0 Å². The zero-order valence-electron chi connectivity index (χ0n) is 9.94. The third kappa shape index (κ3) is 1.93. The fourth-order valence-corrected chi connectivity index (χ4v) is 1.27. The highest BCUT2D eigenvalue weighted by Gasteiger charge is 2.11. The van der Waals surface area contributed by atoms with Crippen molar-refractivity contribution in [2.45, 2.75) is 33.6 Å². The minimum Gasteiger partial charge on any atom is -0.262 e. The maximum absolute atomic E-state index is 4.36. The first-order valence-electron chi connectivity index (χ1n) is 5.31. The van der Waals surface area contributed by atoms with Crippen molar-refractivity contribution in [3.8, 4) is 11.6 Å². The number of H-pyrrole nitrogens is 1. The minimum atomic E-state index is 0.327. The number of aryl methyl sites for hydroxylation is 2. The molecular weight excluding hydrogens is 202 g/mol. The summed E-state index contributed by atoms with van der Waals surface area (Å²) in [6, 6.07) is 0. The number of hydrogen-bond donors (Lipinski definition) is 1. The molecule has 2 aromatic rings. The van der Waals surface area contributed by atoms with E-state index in [1.807, 2.05) is 13.8 Å². The van der Waals surface area contributed by atoms with Gasteiger partial charge in [-0.05, 0) is 19.4 Å². The Hall–Kier alpha value is -1.78. The summed E-state index contributed by atoms with van der Waals surface area (Å²) in [4.78, 5) is 12.9. The monoisotopic (exact) mass is 217 g/mol. The van der Waals surface area contributed by atoms with Gasteiger partial charge in [-0.15, -0.1) is 5.10 Å². The summed E-state index contributed by atoms with van der Waals surface area (Å²) in [6.07, 6.45) is 1.79. The Morgan fingerprint density at radius 3 is 2.44 bits per heavy atom. The molecule has 2 rings (SSSR count). The van der Waals surface area contributed by atoms with Crippen LogP contribution in [0.3, 0.4) is 0 Å². The van der Waals surface area contributed by atoms with Gasteiger partial charge >= 0.3 is 0 Å². The summed E-state index contributed by atoms with van der Waals surface area (Å²) in [6.45, 7) is 8.06. The SMILES string of the molecule is Cc1cnc(-c2n[nH]c(C(C)C)n2)nc1C. The second kappa shape index (κ2) is 4.00. The van der Waals surface area contributed by atoms with Crippen molar-refractivity contribution in [1.82, 2.24) is 25.1 Å². The van der Waals surface area contributed by atoms with Crippen LogP contribution in [0.5, 0.6) is 0 Å². The average molecular weight is 217 g/mol. The minimum absolute atomic E-state index is 0.327. The highest BCUT2D eigenvalue weighted by molar-refractivity contribution is 5.42. The molecule has 16 heavy (non-hydrogen) atoms. The highest BCUT2D eigenvalue weighted by atomic mass is 15.2. The standard InChI is InChI=1S/C11H15N5/c1-6(2)9-14-11(16-15-9)10-12-5-7(3)8(4)13-10/h5-6H,1-4H3,(H,14,15,16). The molecule has 0 atom stereocenters. The lowest BCUT2D eigenvalue weighted by atomic mass is 10.2. The van der Waals surface area contributed by atoms with Crippen LogP contribution in [0.25, 0.3) is 11.6 Å². The molecule has 0 aromatic carbocycles. The fourth-order valence-electron chi connectivity index (χ4n) is 1.27. The predicted molar refractivity (Wildman–Crippen MR) is 61.0 cm³/mol. The lowest BCUT2D eigenvalue weighted by Gasteiger charge is -1.99. The van der Waals surface area contributed by atoms with Crippen molar-refractivity contribution >= 4 is 0 Å². The molecule has 2 heterocycles. The van der Waals surface area contributed by atoms with Crippen LogP contribution in [0, 0.1) is 13.8 Å². The zero-order chi connectivity index (χ0) is 11.7.